The molecule has 0 aliphatic carbocycles. The number of hydrogen-bond acceptors (Lipinski definition) is 2. The summed E-state index contributed by atoms with van der Waals surface area (Å²) < 4.78 is 5.07. The van der Waals surface area contributed by atoms with Crippen molar-refractivity contribution in [2.24, 2.45) is 5.41 Å². The van der Waals surface area contributed by atoms with Crippen LogP contribution in [0.2, 0.25) is 0 Å². The molecule has 0 spiro atoms. The summed E-state index contributed by atoms with van der Waals surface area (Å²) in [6, 6.07) is 0. The van der Waals surface area contributed by atoms with Gasteiger partial charge in [-0.1, -0.05) is 72.6 Å². The van der Waals surface area contributed by atoms with Crippen molar-refractivity contribution in [3.8, 4) is 0 Å². The summed E-state index contributed by atoms with van der Waals surface area (Å²) in [7, 11) is 0. The van der Waals surface area contributed by atoms with E-state index < -0.39 is 0 Å². The zero-order valence-corrected chi connectivity index (χ0v) is 14.3. The molecule has 0 aliphatic rings. The van der Waals surface area contributed by atoms with Gasteiger partial charge in [-0.15, -0.1) is 0 Å². The zero-order chi connectivity index (χ0) is 15.3. The minimum absolute atomic E-state index is 0.0705. The van der Waals surface area contributed by atoms with Crippen LogP contribution < -0.4 is 0 Å². The van der Waals surface area contributed by atoms with Crippen LogP contribution in [-0.2, 0) is 9.53 Å². The van der Waals surface area contributed by atoms with Gasteiger partial charge in [0.1, 0.15) is 0 Å². The first-order chi connectivity index (χ1) is 9.52. The molecule has 0 heterocycles. The number of esters is 1. The highest BCUT2D eigenvalue weighted by Crippen LogP contribution is 2.30. The van der Waals surface area contributed by atoms with E-state index in [1.165, 1.54) is 57.8 Å². The van der Waals surface area contributed by atoms with Crippen LogP contribution in [-0.4, -0.2) is 12.6 Å². The summed E-state index contributed by atoms with van der Waals surface area (Å²) in [4.78, 5) is 10.9. The lowest BCUT2D eigenvalue weighted by molar-refractivity contribution is -0.143. The molecule has 0 atom stereocenters. The molecule has 0 rings (SSSR count). The minimum atomic E-state index is -0.0705. The second-order valence-electron chi connectivity index (χ2n) is 6.71. The summed E-state index contributed by atoms with van der Waals surface area (Å²) in [6.07, 6.45) is 13.4. The summed E-state index contributed by atoms with van der Waals surface area (Å²) in [5.74, 6) is -0.0705. The molecule has 0 radical (unpaired) electrons. The molecule has 0 aromatic heterocycles. The van der Waals surface area contributed by atoms with Crippen LogP contribution in [0.3, 0.4) is 0 Å². The van der Waals surface area contributed by atoms with Crippen LogP contribution in [0.5, 0.6) is 0 Å². The third kappa shape index (κ3) is 12.5. The smallest absolute Gasteiger partial charge is 0.305 e. The van der Waals surface area contributed by atoms with Crippen LogP contribution in [0, 0.1) is 5.41 Å². The number of carbonyl (C=O) groups is 1. The van der Waals surface area contributed by atoms with Gasteiger partial charge in [0.05, 0.1) is 6.61 Å². The van der Waals surface area contributed by atoms with Gasteiger partial charge in [0.25, 0.3) is 0 Å². The van der Waals surface area contributed by atoms with Crippen LogP contribution in [0.4, 0.5) is 0 Å². The fourth-order valence-corrected chi connectivity index (χ4v) is 2.50. The Labute approximate surface area is 126 Å². The molecule has 120 valence electrons. The lowest BCUT2D eigenvalue weighted by atomic mass is 9.82. The summed E-state index contributed by atoms with van der Waals surface area (Å²) >= 11 is 0. The topological polar surface area (TPSA) is 26.3 Å². The Balaban J connectivity index is 3.36. The normalized spacial score (nSPS) is 11.6. The molecule has 0 fully saturated rings. The molecule has 0 bridgehead atoms. The molecule has 0 N–H and O–H groups in total. The SMILES string of the molecule is CCCCCC(C)(C)CCCCCCCOC(=O)CC. The van der Waals surface area contributed by atoms with E-state index in [1.807, 2.05) is 6.92 Å². The molecule has 0 saturated heterocycles. The van der Waals surface area contributed by atoms with Crippen LogP contribution in [0.1, 0.15) is 98.3 Å². The molecule has 0 aromatic carbocycles. The largest absolute Gasteiger partial charge is 0.466 e. The first kappa shape index (κ1) is 19.5. The molecule has 0 aliphatic heterocycles. The Morgan fingerprint density at radius 3 is 2.00 bits per heavy atom. The van der Waals surface area contributed by atoms with E-state index in [0.717, 1.165) is 6.42 Å². The van der Waals surface area contributed by atoms with Crippen molar-refractivity contribution in [1.29, 1.82) is 0 Å². The first-order valence-electron chi connectivity index (χ1n) is 8.67. The summed E-state index contributed by atoms with van der Waals surface area (Å²) in [6.45, 7) is 9.53. The average Bonchev–Trinajstić information content (AvgIpc) is 2.41. The molecule has 0 saturated carbocycles. The predicted molar refractivity (Wildman–Crippen MR) is 86.9 cm³/mol. The Morgan fingerprint density at radius 2 is 1.40 bits per heavy atom. The number of hydrogen-bond donors (Lipinski definition) is 0. The van der Waals surface area contributed by atoms with Crippen molar-refractivity contribution in [2.75, 3.05) is 6.61 Å². The fraction of sp³-hybridized carbons (Fsp3) is 0.944. The third-order valence-electron chi connectivity index (χ3n) is 4.01. The molecule has 0 aromatic rings. The number of ether oxygens (including phenoxy) is 1. The van der Waals surface area contributed by atoms with Gasteiger partial charge < -0.3 is 4.74 Å². The number of rotatable bonds is 13. The van der Waals surface area contributed by atoms with Crippen molar-refractivity contribution in [1.82, 2.24) is 0 Å². The summed E-state index contributed by atoms with van der Waals surface area (Å²) in [5, 5.41) is 0. The Morgan fingerprint density at radius 1 is 0.850 bits per heavy atom. The zero-order valence-electron chi connectivity index (χ0n) is 14.3. The highest BCUT2D eigenvalue weighted by atomic mass is 16.5. The van der Waals surface area contributed by atoms with E-state index in [2.05, 4.69) is 20.8 Å². The molecule has 20 heavy (non-hydrogen) atoms. The van der Waals surface area contributed by atoms with Gasteiger partial charge >= 0.3 is 5.97 Å². The average molecular weight is 284 g/mol. The van der Waals surface area contributed by atoms with E-state index in [4.69, 9.17) is 4.74 Å². The first-order valence-corrected chi connectivity index (χ1v) is 8.67. The maximum absolute atomic E-state index is 10.9. The van der Waals surface area contributed by atoms with E-state index in [0.29, 0.717) is 18.4 Å². The van der Waals surface area contributed by atoms with Crippen molar-refractivity contribution in [3.05, 3.63) is 0 Å². The summed E-state index contributed by atoms with van der Waals surface area (Å²) in [5.41, 5.74) is 0.520. The Hall–Kier alpha value is -0.530. The molecule has 2 heteroatoms. The second kappa shape index (κ2) is 12.2. The lowest BCUT2D eigenvalue weighted by Gasteiger charge is -2.24. The number of carbonyl (C=O) groups excluding carboxylic acids is 1. The maximum atomic E-state index is 10.9. The Bertz CT molecular complexity index is 234. The Kier molecular flexibility index (Phi) is 11.9. The van der Waals surface area contributed by atoms with E-state index >= 15 is 0 Å². The highest BCUT2D eigenvalue weighted by Gasteiger charge is 2.16. The van der Waals surface area contributed by atoms with Crippen LogP contribution in [0.25, 0.3) is 0 Å². The van der Waals surface area contributed by atoms with Crippen molar-refractivity contribution >= 4 is 5.97 Å². The monoisotopic (exact) mass is 284 g/mol. The quantitative estimate of drug-likeness (QED) is 0.311. The second-order valence-corrected chi connectivity index (χ2v) is 6.71. The van der Waals surface area contributed by atoms with Gasteiger partial charge in [0.2, 0.25) is 0 Å². The van der Waals surface area contributed by atoms with Crippen molar-refractivity contribution in [2.45, 2.75) is 98.3 Å². The molecule has 0 amide bonds. The third-order valence-corrected chi connectivity index (χ3v) is 4.01. The van der Waals surface area contributed by atoms with Crippen molar-refractivity contribution in [3.63, 3.8) is 0 Å². The van der Waals surface area contributed by atoms with Gasteiger partial charge in [-0.2, -0.15) is 0 Å². The van der Waals surface area contributed by atoms with Gasteiger partial charge in [0.15, 0.2) is 0 Å². The van der Waals surface area contributed by atoms with Gasteiger partial charge in [-0.25, -0.2) is 0 Å². The van der Waals surface area contributed by atoms with Crippen LogP contribution in [0.15, 0.2) is 0 Å². The molecular formula is C18H36O2. The lowest BCUT2D eigenvalue weighted by Crippen LogP contribution is -2.11. The van der Waals surface area contributed by atoms with Gasteiger partial charge in [-0.05, 0) is 24.7 Å². The van der Waals surface area contributed by atoms with E-state index in [-0.39, 0.29) is 5.97 Å². The highest BCUT2D eigenvalue weighted by molar-refractivity contribution is 5.68. The van der Waals surface area contributed by atoms with Crippen LogP contribution >= 0.6 is 0 Å². The maximum Gasteiger partial charge on any atom is 0.305 e. The molecule has 0 unspecified atom stereocenters. The van der Waals surface area contributed by atoms with Gasteiger partial charge in [0, 0.05) is 6.42 Å². The number of unbranched alkanes of at least 4 members (excludes halogenated alkanes) is 6. The van der Waals surface area contributed by atoms with E-state index in [1.54, 1.807) is 0 Å². The van der Waals surface area contributed by atoms with E-state index in [9.17, 15) is 4.79 Å². The minimum Gasteiger partial charge on any atom is -0.466 e. The van der Waals surface area contributed by atoms with Gasteiger partial charge in [-0.3, -0.25) is 4.79 Å². The predicted octanol–water partition coefficient (Wildman–Crippen LogP) is 5.89. The van der Waals surface area contributed by atoms with Crippen molar-refractivity contribution < 1.29 is 9.53 Å². The molecule has 2 nitrogen and oxygen atoms in total. The molecular weight excluding hydrogens is 248 g/mol. The fourth-order valence-electron chi connectivity index (χ4n) is 2.50. The standard InChI is InChI=1S/C18H36O2/c1-5-7-11-14-18(3,4)15-12-9-8-10-13-16-20-17(19)6-2/h5-16H2,1-4H3.